The van der Waals surface area contributed by atoms with Gasteiger partial charge in [-0.25, -0.2) is 0 Å². The predicted octanol–water partition coefficient (Wildman–Crippen LogP) is 1.41. The number of carbonyl (C=O) groups excluding carboxylic acids is 3. The van der Waals surface area contributed by atoms with Gasteiger partial charge < -0.3 is 11.1 Å². The fraction of sp³-hybridized carbons (Fsp3) is 0.389. The Labute approximate surface area is 141 Å². The van der Waals surface area contributed by atoms with Crippen LogP contribution in [0, 0.1) is 0 Å². The lowest BCUT2D eigenvalue weighted by Crippen LogP contribution is -2.31. The van der Waals surface area contributed by atoms with Gasteiger partial charge in [-0.05, 0) is 43.4 Å². The molecule has 0 saturated carbocycles. The Balaban J connectivity index is 1.51. The average molecular weight is 329 g/mol. The molecule has 6 nitrogen and oxygen atoms in total. The van der Waals surface area contributed by atoms with Crippen molar-refractivity contribution in [3.63, 3.8) is 0 Å². The summed E-state index contributed by atoms with van der Waals surface area (Å²) < 4.78 is 0. The third kappa shape index (κ3) is 5.53. The summed E-state index contributed by atoms with van der Waals surface area (Å²) in [4.78, 5) is 35.7. The second kappa shape index (κ2) is 8.86. The van der Waals surface area contributed by atoms with Crippen molar-refractivity contribution in [2.24, 2.45) is 0 Å². The quantitative estimate of drug-likeness (QED) is 0.407. The van der Waals surface area contributed by atoms with Gasteiger partial charge in [0.2, 0.25) is 5.91 Å². The van der Waals surface area contributed by atoms with Crippen LogP contribution in [0.3, 0.4) is 0 Å². The van der Waals surface area contributed by atoms with Crippen LogP contribution in [-0.2, 0) is 20.8 Å². The molecule has 0 bridgehead atoms. The Kier molecular flexibility index (Phi) is 6.54. The Morgan fingerprint density at radius 1 is 1.00 bits per heavy atom. The molecule has 6 heteroatoms. The molecule has 1 aliphatic rings. The minimum atomic E-state index is -0.258. The van der Waals surface area contributed by atoms with E-state index < -0.39 is 0 Å². The number of aryl methyl sites for hydroxylation is 1. The second-order valence-electron chi connectivity index (χ2n) is 5.81. The summed E-state index contributed by atoms with van der Waals surface area (Å²) in [5.74, 6) is -0.487. The van der Waals surface area contributed by atoms with Gasteiger partial charge in [0, 0.05) is 37.3 Å². The van der Waals surface area contributed by atoms with Crippen molar-refractivity contribution in [1.29, 1.82) is 0 Å². The molecule has 0 atom stereocenters. The third-order valence-electron chi connectivity index (χ3n) is 3.88. The van der Waals surface area contributed by atoms with E-state index in [9.17, 15) is 14.4 Å². The second-order valence-corrected chi connectivity index (χ2v) is 5.81. The number of rotatable bonds is 9. The van der Waals surface area contributed by atoms with Crippen LogP contribution < -0.4 is 11.1 Å². The minimum Gasteiger partial charge on any atom is -0.399 e. The molecule has 0 unspecified atom stereocenters. The van der Waals surface area contributed by atoms with Gasteiger partial charge in [-0.3, -0.25) is 19.3 Å². The summed E-state index contributed by atoms with van der Waals surface area (Å²) in [6, 6.07) is 7.67. The number of hydrogen-bond acceptors (Lipinski definition) is 4. The van der Waals surface area contributed by atoms with Crippen LogP contribution in [0.4, 0.5) is 5.69 Å². The number of unbranched alkanes of at least 4 members (excludes halogenated alkanes) is 1. The highest BCUT2D eigenvalue weighted by Gasteiger charge is 2.22. The lowest BCUT2D eigenvalue weighted by atomic mass is 10.1. The number of nitrogen functional groups attached to an aromatic ring is 1. The first-order chi connectivity index (χ1) is 11.6. The molecule has 1 heterocycles. The number of hydrogen-bond donors (Lipinski definition) is 2. The fourth-order valence-corrected chi connectivity index (χ4v) is 2.50. The first kappa shape index (κ1) is 17.7. The number of benzene rings is 1. The smallest absolute Gasteiger partial charge is 0.253 e. The molecule has 0 spiro atoms. The monoisotopic (exact) mass is 329 g/mol. The van der Waals surface area contributed by atoms with Crippen LogP contribution in [0.25, 0.3) is 0 Å². The van der Waals surface area contributed by atoms with Gasteiger partial charge in [0.1, 0.15) is 0 Å². The van der Waals surface area contributed by atoms with Gasteiger partial charge in [0.25, 0.3) is 11.8 Å². The number of imide groups is 1. The van der Waals surface area contributed by atoms with Gasteiger partial charge in [-0.1, -0.05) is 12.1 Å². The summed E-state index contributed by atoms with van der Waals surface area (Å²) in [5, 5.41) is 2.86. The van der Waals surface area contributed by atoms with E-state index in [1.165, 1.54) is 22.6 Å². The van der Waals surface area contributed by atoms with Gasteiger partial charge in [0.15, 0.2) is 0 Å². The van der Waals surface area contributed by atoms with E-state index in [1.54, 1.807) is 0 Å². The highest BCUT2D eigenvalue weighted by Crippen LogP contribution is 2.09. The van der Waals surface area contributed by atoms with E-state index >= 15 is 0 Å². The van der Waals surface area contributed by atoms with Crippen molar-refractivity contribution in [2.45, 2.75) is 32.1 Å². The molecule has 0 radical (unpaired) electrons. The molecule has 1 aromatic rings. The Morgan fingerprint density at radius 3 is 2.33 bits per heavy atom. The lowest BCUT2D eigenvalue weighted by Gasteiger charge is -2.13. The summed E-state index contributed by atoms with van der Waals surface area (Å²) in [7, 11) is 0. The maximum atomic E-state index is 11.8. The minimum absolute atomic E-state index is 0.0282. The molecule has 0 fully saturated rings. The standard InChI is InChI=1S/C18H23N3O3/c19-15-8-6-14(7-9-15)4-3-5-16(22)20-12-1-2-13-21-17(23)10-11-18(21)24/h6-11H,1-5,12-13,19H2,(H,20,22). The molecule has 128 valence electrons. The fourth-order valence-electron chi connectivity index (χ4n) is 2.50. The van der Waals surface area contributed by atoms with Crippen LogP contribution in [0.2, 0.25) is 0 Å². The van der Waals surface area contributed by atoms with Crippen molar-refractivity contribution in [3.8, 4) is 0 Å². The number of anilines is 1. The van der Waals surface area contributed by atoms with Crippen molar-refractivity contribution >= 4 is 23.4 Å². The number of amides is 3. The first-order valence-electron chi connectivity index (χ1n) is 8.21. The lowest BCUT2D eigenvalue weighted by molar-refractivity contribution is -0.136. The first-order valence-corrected chi connectivity index (χ1v) is 8.21. The molecule has 0 aliphatic carbocycles. The van der Waals surface area contributed by atoms with Crippen LogP contribution >= 0.6 is 0 Å². The van der Waals surface area contributed by atoms with Crippen LogP contribution in [0.15, 0.2) is 36.4 Å². The summed E-state index contributed by atoms with van der Waals surface area (Å²) in [6.07, 6.45) is 6.11. The molecule has 24 heavy (non-hydrogen) atoms. The Hall–Kier alpha value is -2.63. The van der Waals surface area contributed by atoms with E-state index in [0.717, 1.165) is 24.9 Å². The molecule has 3 N–H and O–H groups in total. The van der Waals surface area contributed by atoms with E-state index in [0.29, 0.717) is 25.9 Å². The van der Waals surface area contributed by atoms with Crippen LogP contribution in [-0.4, -0.2) is 35.7 Å². The SMILES string of the molecule is Nc1ccc(CCCC(=O)NCCCCN2C(=O)C=CC2=O)cc1. The number of nitrogens with one attached hydrogen (secondary N) is 1. The van der Waals surface area contributed by atoms with Gasteiger partial charge in [-0.15, -0.1) is 0 Å². The molecular weight excluding hydrogens is 306 g/mol. The highest BCUT2D eigenvalue weighted by atomic mass is 16.2. The maximum Gasteiger partial charge on any atom is 0.253 e. The molecule has 1 aromatic carbocycles. The highest BCUT2D eigenvalue weighted by molar-refractivity contribution is 6.12. The summed E-state index contributed by atoms with van der Waals surface area (Å²) in [5.41, 5.74) is 7.54. The normalized spacial score (nSPS) is 13.6. The summed E-state index contributed by atoms with van der Waals surface area (Å²) >= 11 is 0. The maximum absolute atomic E-state index is 11.8. The average Bonchev–Trinajstić information content (AvgIpc) is 2.88. The van der Waals surface area contributed by atoms with Crippen LogP contribution in [0.1, 0.15) is 31.2 Å². The van der Waals surface area contributed by atoms with Crippen molar-refractivity contribution in [3.05, 3.63) is 42.0 Å². The summed E-state index contributed by atoms with van der Waals surface area (Å²) in [6.45, 7) is 0.960. The zero-order valence-electron chi connectivity index (χ0n) is 13.7. The zero-order chi connectivity index (χ0) is 17.4. The van der Waals surface area contributed by atoms with E-state index in [-0.39, 0.29) is 17.7 Å². The Morgan fingerprint density at radius 2 is 1.67 bits per heavy atom. The van der Waals surface area contributed by atoms with Crippen molar-refractivity contribution in [1.82, 2.24) is 10.2 Å². The van der Waals surface area contributed by atoms with E-state index in [4.69, 9.17) is 5.73 Å². The molecular formula is C18H23N3O3. The van der Waals surface area contributed by atoms with Gasteiger partial charge in [-0.2, -0.15) is 0 Å². The number of nitrogens with two attached hydrogens (primary N) is 1. The molecule has 1 aliphatic heterocycles. The number of carbonyl (C=O) groups is 3. The Bertz CT molecular complexity index is 605. The van der Waals surface area contributed by atoms with Crippen molar-refractivity contribution < 1.29 is 14.4 Å². The van der Waals surface area contributed by atoms with E-state index in [1.807, 2.05) is 24.3 Å². The third-order valence-corrected chi connectivity index (χ3v) is 3.88. The molecule has 0 saturated heterocycles. The van der Waals surface area contributed by atoms with Gasteiger partial charge >= 0.3 is 0 Å². The molecule has 0 aromatic heterocycles. The zero-order valence-corrected chi connectivity index (χ0v) is 13.7. The van der Waals surface area contributed by atoms with Gasteiger partial charge in [0.05, 0.1) is 0 Å². The molecule has 3 amide bonds. The largest absolute Gasteiger partial charge is 0.399 e. The number of nitrogens with zero attached hydrogens (tertiary/aromatic N) is 1. The van der Waals surface area contributed by atoms with Crippen LogP contribution in [0.5, 0.6) is 0 Å². The predicted molar refractivity (Wildman–Crippen MR) is 91.9 cm³/mol. The molecule has 2 rings (SSSR count). The van der Waals surface area contributed by atoms with E-state index in [2.05, 4.69) is 5.32 Å². The van der Waals surface area contributed by atoms with Crippen molar-refractivity contribution in [2.75, 3.05) is 18.8 Å². The topological polar surface area (TPSA) is 92.5 Å².